The molecule has 2 aliphatic rings. The number of rotatable bonds is 10. The molecule has 250 valence electrons. The number of nitriles is 1. The molecule has 0 spiro atoms. The van der Waals surface area contributed by atoms with Crippen LogP contribution in [0.25, 0.3) is 6.08 Å². The molecule has 0 amide bonds. The van der Waals surface area contributed by atoms with Gasteiger partial charge >= 0.3 is 0 Å². The average Bonchev–Trinajstić information content (AvgIpc) is 3.38. The molecular formula is C40H53NO4Si2. The molecule has 1 aliphatic heterocycles. The van der Waals surface area contributed by atoms with Gasteiger partial charge in [-0.3, -0.25) is 0 Å². The number of methoxy groups -OCH3 is 1. The van der Waals surface area contributed by atoms with E-state index in [1.165, 1.54) is 10.4 Å². The Kier molecular flexibility index (Phi) is 10.0. The summed E-state index contributed by atoms with van der Waals surface area (Å²) in [5.74, 6) is 1.51. The minimum Gasteiger partial charge on any atom is -0.493 e. The quantitative estimate of drug-likeness (QED) is 0.160. The zero-order valence-electron chi connectivity index (χ0n) is 29.9. The first-order valence-electron chi connectivity index (χ1n) is 17.1. The number of fused-ring (bicyclic) bond motifs is 3. The van der Waals surface area contributed by atoms with Crippen LogP contribution in [-0.2, 0) is 14.3 Å². The van der Waals surface area contributed by atoms with Gasteiger partial charge in [0.05, 0.1) is 19.3 Å². The first-order chi connectivity index (χ1) is 22.2. The van der Waals surface area contributed by atoms with Gasteiger partial charge in [-0.15, -0.1) is 0 Å². The highest BCUT2D eigenvalue weighted by atomic mass is 28.4. The molecule has 1 heterocycles. The second-order valence-electron chi connectivity index (χ2n) is 15.8. The summed E-state index contributed by atoms with van der Waals surface area (Å²) in [4.78, 5) is 0. The second-order valence-corrected chi connectivity index (χ2v) is 24.9. The van der Waals surface area contributed by atoms with Gasteiger partial charge in [0.1, 0.15) is 6.10 Å². The van der Waals surface area contributed by atoms with Crippen LogP contribution in [0.4, 0.5) is 0 Å². The lowest BCUT2D eigenvalue weighted by molar-refractivity contribution is -0.0254. The average molecular weight is 668 g/mol. The normalized spacial score (nSPS) is 21.5. The van der Waals surface area contributed by atoms with Crippen molar-refractivity contribution in [1.29, 1.82) is 5.26 Å². The Morgan fingerprint density at radius 2 is 1.53 bits per heavy atom. The summed E-state index contributed by atoms with van der Waals surface area (Å²) in [6.45, 7) is 19.1. The number of hydrogen-bond donors (Lipinski definition) is 0. The molecule has 0 aromatic heterocycles. The second kappa shape index (κ2) is 13.4. The van der Waals surface area contributed by atoms with Crippen molar-refractivity contribution in [1.82, 2.24) is 0 Å². The lowest BCUT2D eigenvalue weighted by atomic mass is 9.64. The van der Waals surface area contributed by atoms with Gasteiger partial charge in [-0.2, -0.15) is 5.26 Å². The first-order valence-corrected chi connectivity index (χ1v) is 21.9. The molecule has 1 fully saturated rings. The maximum Gasteiger partial charge on any atom is 0.261 e. The number of ether oxygens (including phenoxy) is 2. The van der Waals surface area contributed by atoms with E-state index in [-0.39, 0.29) is 27.7 Å². The SMILES string of the molecule is COc1ccc(/C=C/C#N)c2c1O[C@H]1[C@H](O[Si](C)(C)C(C)(C)C)CCC[C@@]21CCO[Si](c1ccccc1)(c1ccccc1)C(C)(C)C. The van der Waals surface area contributed by atoms with Crippen molar-refractivity contribution in [2.45, 2.75) is 108 Å². The van der Waals surface area contributed by atoms with Gasteiger partial charge in [-0.05, 0) is 76.9 Å². The van der Waals surface area contributed by atoms with Gasteiger partial charge in [-0.1, -0.05) is 108 Å². The third kappa shape index (κ3) is 6.38. The Morgan fingerprint density at radius 1 is 0.915 bits per heavy atom. The lowest BCUT2D eigenvalue weighted by Gasteiger charge is -2.48. The minimum atomic E-state index is -2.75. The molecule has 3 atom stereocenters. The fraction of sp³-hybridized carbons (Fsp3) is 0.475. The first kappa shape index (κ1) is 35.2. The summed E-state index contributed by atoms with van der Waals surface area (Å²) >= 11 is 0. The lowest BCUT2D eigenvalue weighted by Crippen LogP contribution is -2.67. The monoisotopic (exact) mass is 667 g/mol. The molecule has 0 radical (unpaired) electrons. The zero-order valence-corrected chi connectivity index (χ0v) is 31.9. The molecule has 5 rings (SSSR count). The van der Waals surface area contributed by atoms with Crippen molar-refractivity contribution in [3.8, 4) is 17.6 Å². The number of allylic oxidation sites excluding steroid dienone is 1. The van der Waals surface area contributed by atoms with Crippen molar-refractivity contribution in [3.63, 3.8) is 0 Å². The Bertz CT molecular complexity index is 1560. The maximum absolute atomic E-state index is 9.52. The smallest absolute Gasteiger partial charge is 0.261 e. The summed E-state index contributed by atoms with van der Waals surface area (Å²) in [5, 5.41) is 12.0. The van der Waals surface area contributed by atoms with E-state index >= 15 is 0 Å². The largest absolute Gasteiger partial charge is 0.493 e. The van der Waals surface area contributed by atoms with Crippen LogP contribution in [0.3, 0.4) is 0 Å². The highest BCUT2D eigenvalue weighted by molar-refractivity contribution is 6.99. The van der Waals surface area contributed by atoms with Gasteiger partial charge in [0, 0.05) is 23.7 Å². The van der Waals surface area contributed by atoms with Crippen LogP contribution in [0.5, 0.6) is 11.5 Å². The van der Waals surface area contributed by atoms with Crippen LogP contribution in [-0.4, -0.2) is 42.6 Å². The van der Waals surface area contributed by atoms with E-state index in [0.29, 0.717) is 6.61 Å². The van der Waals surface area contributed by atoms with Crippen molar-refractivity contribution in [3.05, 3.63) is 90.0 Å². The summed E-state index contributed by atoms with van der Waals surface area (Å²) in [6, 6.07) is 27.9. The molecule has 47 heavy (non-hydrogen) atoms. The van der Waals surface area contributed by atoms with Crippen molar-refractivity contribution in [2.24, 2.45) is 0 Å². The van der Waals surface area contributed by atoms with Crippen molar-refractivity contribution < 1.29 is 18.3 Å². The van der Waals surface area contributed by atoms with Crippen LogP contribution >= 0.6 is 0 Å². The van der Waals surface area contributed by atoms with Crippen molar-refractivity contribution >= 4 is 33.1 Å². The predicted octanol–water partition coefficient (Wildman–Crippen LogP) is 8.77. The molecule has 0 unspecified atom stereocenters. The summed E-state index contributed by atoms with van der Waals surface area (Å²) in [6.07, 6.45) is 6.95. The molecule has 7 heteroatoms. The van der Waals surface area contributed by atoms with Crippen LogP contribution in [0.15, 0.2) is 78.9 Å². The number of nitrogens with zero attached hydrogens (tertiary/aromatic N) is 1. The van der Waals surface area contributed by atoms with Gasteiger partial charge in [0.2, 0.25) is 0 Å². The summed E-state index contributed by atoms with van der Waals surface area (Å²) < 4.78 is 27.7. The highest BCUT2D eigenvalue weighted by Gasteiger charge is 2.58. The van der Waals surface area contributed by atoms with E-state index < -0.39 is 16.6 Å². The summed E-state index contributed by atoms with van der Waals surface area (Å²) in [7, 11) is -3.16. The van der Waals surface area contributed by atoms with Gasteiger partial charge < -0.3 is 18.3 Å². The van der Waals surface area contributed by atoms with Crippen LogP contribution in [0, 0.1) is 11.3 Å². The van der Waals surface area contributed by atoms with E-state index in [1.807, 2.05) is 12.1 Å². The fourth-order valence-electron chi connectivity index (χ4n) is 7.70. The van der Waals surface area contributed by atoms with Gasteiger partial charge in [-0.25, -0.2) is 0 Å². The molecule has 0 bridgehead atoms. The molecule has 0 saturated heterocycles. The fourth-order valence-corrected chi connectivity index (χ4v) is 13.6. The Morgan fingerprint density at radius 3 is 2.06 bits per heavy atom. The van der Waals surface area contributed by atoms with Crippen LogP contribution in [0.2, 0.25) is 23.2 Å². The number of benzene rings is 3. The molecule has 3 aromatic rings. The van der Waals surface area contributed by atoms with E-state index in [1.54, 1.807) is 13.2 Å². The molecule has 1 aliphatic carbocycles. The zero-order chi connectivity index (χ0) is 34.1. The molecule has 3 aromatic carbocycles. The van der Waals surface area contributed by atoms with E-state index in [0.717, 1.165) is 48.3 Å². The highest BCUT2D eigenvalue weighted by Crippen LogP contribution is 2.58. The summed E-state index contributed by atoms with van der Waals surface area (Å²) in [5.41, 5.74) is 1.77. The number of hydrogen-bond acceptors (Lipinski definition) is 5. The van der Waals surface area contributed by atoms with E-state index in [9.17, 15) is 5.26 Å². The van der Waals surface area contributed by atoms with E-state index in [2.05, 4.69) is 127 Å². The van der Waals surface area contributed by atoms with Gasteiger partial charge in [0.15, 0.2) is 19.8 Å². The predicted molar refractivity (Wildman–Crippen MR) is 198 cm³/mol. The van der Waals surface area contributed by atoms with Crippen LogP contribution in [0.1, 0.15) is 78.4 Å². The van der Waals surface area contributed by atoms with Crippen molar-refractivity contribution in [2.75, 3.05) is 13.7 Å². The Balaban J connectivity index is 1.63. The topological polar surface area (TPSA) is 60.7 Å². The third-order valence-corrected chi connectivity index (χ3v) is 20.5. The molecular weight excluding hydrogens is 615 g/mol. The third-order valence-electron chi connectivity index (χ3n) is 11.0. The van der Waals surface area contributed by atoms with Gasteiger partial charge in [0.25, 0.3) is 8.32 Å². The maximum atomic E-state index is 9.52. The molecule has 0 N–H and O–H groups in total. The Hall–Kier alpha value is -3.16. The van der Waals surface area contributed by atoms with E-state index in [4.69, 9.17) is 18.3 Å². The Labute approximate surface area is 285 Å². The van der Waals surface area contributed by atoms with Crippen LogP contribution < -0.4 is 19.8 Å². The standard InChI is InChI=1S/C40H53NO4Si2/c1-38(2,3)46(8,9)45-34-23-16-26-40(35-30(18-17-28-41)24-25-33(42-7)36(35)44-37(34)40)27-29-43-47(39(4,5)6,31-19-12-10-13-20-31)32-21-14-11-15-22-32/h10-15,17-22,24-25,34,37H,16,23,26-27,29H2,1-9H3/b18-17+/t34-,37+,40-/m1/s1. The minimum absolute atomic E-state index is 0.0533. The molecule has 1 saturated carbocycles. The molecule has 5 nitrogen and oxygen atoms in total.